The van der Waals surface area contributed by atoms with Crippen molar-refractivity contribution >= 4 is 29.1 Å². The van der Waals surface area contributed by atoms with Gasteiger partial charge in [0.1, 0.15) is 19.0 Å². The summed E-state index contributed by atoms with van der Waals surface area (Å²) in [6.45, 7) is 6.47. The average molecular weight is 530 g/mol. The molecule has 0 saturated carbocycles. The highest BCUT2D eigenvalue weighted by Crippen LogP contribution is 2.39. The normalized spacial score (nSPS) is 14.5. The monoisotopic (exact) mass is 529 g/mol. The predicted octanol–water partition coefficient (Wildman–Crippen LogP) is 6.15. The molecule has 0 unspecified atom stereocenters. The van der Waals surface area contributed by atoms with Gasteiger partial charge in [0.2, 0.25) is 5.95 Å². The number of aromatic nitrogens is 3. The second-order valence-electron chi connectivity index (χ2n) is 8.88. The Bertz CT molecular complexity index is 1510. The highest BCUT2D eigenvalue weighted by molar-refractivity contribution is 6.31. The van der Waals surface area contributed by atoms with Gasteiger partial charge in [0.25, 0.3) is 5.91 Å². The molecule has 0 aliphatic carbocycles. The molecule has 1 amide bonds. The van der Waals surface area contributed by atoms with E-state index in [0.717, 1.165) is 22.4 Å². The van der Waals surface area contributed by atoms with Crippen molar-refractivity contribution < 1.29 is 14.3 Å². The Kier molecular flexibility index (Phi) is 7.33. The molecular weight excluding hydrogens is 502 g/mol. The van der Waals surface area contributed by atoms with Gasteiger partial charge < -0.3 is 20.1 Å². The molecule has 38 heavy (non-hydrogen) atoms. The molecule has 0 bridgehead atoms. The zero-order valence-corrected chi connectivity index (χ0v) is 22.1. The van der Waals surface area contributed by atoms with Crippen LogP contribution in [0.15, 0.2) is 84.3 Å². The van der Waals surface area contributed by atoms with Gasteiger partial charge in [-0.15, -0.1) is 0 Å². The highest BCUT2D eigenvalue weighted by Gasteiger charge is 2.34. The fourth-order valence-corrected chi connectivity index (χ4v) is 4.64. The van der Waals surface area contributed by atoms with Crippen LogP contribution in [-0.2, 0) is 11.4 Å². The Morgan fingerprint density at radius 1 is 1.05 bits per heavy atom. The summed E-state index contributed by atoms with van der Waals surface area (Å²) in [7, 11) is 0. The maximum Gasteiger partial charge on any atom is 0.255 e. The van der Waals surface area contributed by atoms with E-state index in [1.54, 1.807) is 4.68 Å². The number of benzene rings is 3. The van der Waals surface area contributed by atoms with Crippen LogP contribution in [0.25, 0.3) is 0 Å². The number of nitrogens with zero attached hydrogens (tertiary/aromatic N) is 3. The number of rotatable bonds is 8. The molecular formula is C29H28ClN5O3. The van der Waals surface area contributed by atoms with Gasteiger partial charge in [0.05, 0.1) is 12.2 Å². The molecule has 4 aromatic rings. The zero-order chi connectivity index (χ0) is 26.6. The number of hydrogen-bond acceptors (Lipinski definition) is 6. The van der Waals surface area contributed by atoms with E-state index in [4.69, 9.17) is 21.1 Å². The SMILES string of the molecule is CCOc1cc([C@H]2C(C(=O)Nc3ccccc3C)=C(C)Nc3ncnn32)ccc1OCc1ccccc1Cl. The lowest BCUT2D eigenvalue weighted by Gasteiger charge is -2.29. The van der Waals surface area contributed by atoms with Crippen LogP contribution in [0.3, 0.4) is 0 Å². The average Bonchev–Trinajstić information content (AvgIpc) is 3.37. The number of aryl methyl sites for hydroxylation is 1. The molecule has 9 heteroatoms. The van der Waals surface area contributed by atoms with E-state index >= 15 is 0 Å². The molecule has 2 heterocycles. The lowest BCUT2D eigenvalue weighted by Crippen LogP contribution is -2.31. The van der Waals surface area contributed by atoms with Crippen molar-refractivity contribution in [3.8, 4) is 11.5 Å². The molecule has 8 nitrogen and oxygen atoms in total. The highest BCUT2D eigenvalue weighted by atomic mass is 35.5. The van der Waals surface area contributed by atoms with Crippen LogP contribution in [0, 0.1) is 6.92 Å². The minimum atomic E-state index is -0.533. The standard InChI is InChI=1S/C29H28ClN5O3/c1-4-37-25-15-20(13-14-24(25)38-16-21-10-6-7-11-22(21)30)27-26(19(3)33-29-31-17-32-35(27)29)28(36)34-23-12-8-5-9-18(23)2/h5-15,17,27H,4,16H2,1-3H3,(H,34,36)(H,31,32,33)/t27-/m0/s1. The maximum atomic E-state index is 13.7. The first-order valence-electron chi connectivity index (χ1n) is 12.3. The summed E-state index contributed by atoms with van der Waals surface area (Å²) in [6, 6.07) is 20.3. The van der Waals surface area contributed by atoms with Gasteiger partial charge in [0, 0.05) is 22.0 Å². The summed E-state index contributed by atoms with van der Waals surface area (Å²) in [5.41, 5.74) is 4.62. The quantitative estimate of drug-likeness (QED) is 0.285. The van der Waals surface area contributed by atoms with Crippen LogP contribution in [0.4, 0.5) is 11.6 Å². The molecule has 1 aliphatic heterocycles. The number of anilines is 2. The van der Waals surface area contributed by atoms with E-state index in [9.17, 15) is 4.79 Å². The zero-order valence-electron chi connectivity index (χ0n) is 21.4. The lowest BCUT2D eigenvalue weighted by atomic mass is 9.94. The minimum absolute atomic E-state index is 0.229. The van der Waals surface area contributed by atoms with Crippen molar-refractivity contribution in [2.45, 2.75) is 33.4 Å². The third kappa shape index (κ3) is 5.08. The lowest BCUT2D eigenvalue weighted by molar-refractivity contribution is -0.113. The molecule has 0 saturated heterocycles. The number of allylic oxidation sites excluding steroid dienone is 1. The summed E-state index contributed by atoms with van der Waals surface area (Å²) in [4.78, 5) is 18.0. The Morgan fingerprint density at radius 3 is 2.63 bits per heavy atom. The van der Waals surface area contributed by atoms with Crippen molar-refractivity contribution in [1.29, 1.82) is 0 Å². The third-order valence-electron chi connectivity index (χ3n) is 6.36. The van der Waals surface area contributed by atoms with Crippen LogP contribution in [0.2, 0.25) is 5.02 Å². The predicted molar refractivity (Wildman–Crippen MR) is 148 cm³/mol. The van der Waals surface area contributed by atoms with Crippen LogP contribution in [-0.4, -0.2) is 27.3 Å². The maximum absolute atomic E-state index is 13.7. The number of carbonyl (C=O) groups is 1. The van der Waals surface area contributed by atoms with Crippen molar-refractivity contribution in [3.63, 3.8) is 0 Å². The minimum Gasteiger partial charge on any atom is -0.490 e. The van der Waals surface area contributed by atoms with E-state index in [1.165, 1.54) is 6.33 Å². The first kappa shape index (κ1) is 25.4. The van der Waals surface area contributed by atoms with E-state index in [0.29, 0.717) is 47.0 Å². The van der Waals surface area contributed by atoms with Crippen molar-refractivity contribution in [3.05, 3.63) is 106 Å². The Hall–Kier alpha value is -4.30. The number of para-hydroxylation sites is 1. The summed E-state index contributed by atoms with van der Waals surface area (Å²) < 4.78 is 13.8. The summed E-state index contributed by atoms with van der Waals surface area (Å²) in [6.07, 6.45) is 1.47. The fraction of sp³-hybridized carbons (Fsp3) is 0.207. The molecule has 5 rings (SSSR count). The van der Waals surface area contributed by atoms with Crippen LogP contribution < -0.4 is 20.1 Å². The molecule has 1 atom stereocenters. The van der Waals surface area contributed by atoms with Gasteiger partial charge in [-0.25, -0.2) is 4.68 Å². The number of hydrogen-bond donors (Lipinski definition) is 2. The number of halogens is 1. The Balaban J connectivity index is 1.50. The van der Waals surface area contributed by atoms with Crippen LogP contribution in [0.1, 0.15) is 36.6 Å². The summed E-state index contributed by atoms with van der Waals surface area (Å²) >= 11 is 6.31. The van der Waals surface area contributed by atoms with Gasteiger partial charge in [-0.05, 0) is 56.2 Å². The van der Waals surface area contributed by atoms with Gasteiger partial charge in [-0.1, -0.05) is 54.1 Å². The van der Waals surface area contributed by atoms with E-state index < -0.39 is 6.04 Å². The molecule has 2 N–H and O–H groups in total. The van der Waals surface area contributed by atoms with Gasteiger partial charge >= 0.3 is 0 Å². The first-order valence-corrected chi connectivity index (χ1v) is 12.7. The number of amides is 1. The third-order valence-corrected chi connectivity index (χ3v) is 6.73. The van der Waals surface area contributed by atoms with Crippen molar-refractivity contribution in [1.82, 2.24) is 14.8 Å². The molecule has 0 fully saturated rings. The van der Waals surface area contributed by atoms with E-state index in [1.807, 2.05) is 87.5 Å². The number of fused-ring (bicyclic) bond motifs is 1. The molecule has 1 aliphatic rings. The number of ether oxygens (including phenoxy) is 2. The number of carbonyl (C=O) groups excluding carboxylic acids is 1. The van der Waals surface area contributed by atoms with Crippen LogP contribution in [0.5, 0.6) is 11.5 Å². The van der Waals surface area contributed by atoms with Gasteiger partial charge in [0.15, 0.2) is 11.5 Å². The summed E-state index contributed by atoms with van der Waals surface area (Å²) in [5, 5.41) is 11.3. The topological polar surface area (TPSA) is 90.3 Å². The van der Waals surface area contributed by atoms with Crippen molar-refractivity contribution in [2.75, 3.05) is 17.2 Å². The molecule has 0 spiro atoms. The molecule has 0 radical (unpaired) electrons. The largest absolute Gasteiger partial charge is 0.490 e. The van der Waals surface area contributed by atoms with Gasteiger partial charge in [-0.3, -0.25) is 4.79 Å². The van der Waals surface area contributed by atoms with E-state index in [2.05, 4.69) is 20.7 Å². The first-order chi connectivity index (χ1) is 18.5. The molecule has 3 aromatic carbocycles. The Morgan fingerprint density at radius 2 is 1.84 bits per heavy atom. The second kappa shape index (κ2) is 11.0. The second-order valence-corrected chi connectivity index (χ2v) is 9.29. The molecule has 194 valence electrons. The number of nitrogens with one attached hydrogen (secondary N) is 2. The molecule has 1 aromatic heterocycles. The fourth-order valence-electron chi connectivity index (χ4n) is 4.45. The van der Waals surface area contributed by atoms with Crippen molar-refractivity contribution in [2.24, 2.45) is 0 Å². The van der Waals surface area contributed by atoms with E-state index in [-0.39, 0.29) is 5.91 Å². The summed E-state index contributed by atoms with van der Waals surface area (Å²) in [5.74, 6) is 1.47. The van der Waals surface area contributed by atoms with Crippen LogP contribution >= 0.6 is 11.6 Å². The van der Waals surface area contributed by atoms with Gasteiger partial charge in [-0.2, -0.15) is 10.1 Å². The smallest absolute Gasteiger partial charge is 0.255 e. The Labute approximate surface area is 226 Å².